The summed E-state index contributed by atoms with van der Waals surface area (Å²) in [6, 6.07) is -0.364. The van der Waals surface area contributed by atoms with Gasteiger partial charge in [-0.2, -0.15) is 0 Å². The lowest BCUT2D eigenvalue weighted by Gasteiger charge is -2.06. The molecule has 0 amide bonds. The Morgan fingerprint density at radius 1 is 1.70 bits per heavy atom. The Balaban J connectivity index is 3.49. The van der Waals surface area contributed by atoms with Crippen LogP contribution in [0.5, 0.6) is 0 Å². The maximum Gasteiger partial charge on any atom is 0.151 e. The van der Waals surface area contributed by atoms with Crippen LogP contribution in [-0.4, -0.2) is 23.5 Å². The summed E-state index contributed by atoms with van der Waals surface area (Å²) in [7, 11) is 0. The number of ketones is 1. The minimum absolute atomic E-state index is 0.0376. The van der Waals surface area contributed by atoms with E-state index in [1.165, 1.54) is 0 Å². The minimum Gasteiger partial charge on any atom is -0.396 e. The van der Waals surface area contributed by atoms with Crippen molar-refractivity contribution in [1.29, 1.82) is 0 Å². The van der Waals surface area contributed by atoms with E-state index in [4.69, 9.17) is 10.8 Å². The summed E-state index contributed by atoms with van der Waals surface area (Å²) in [5.74, 6) is -0.0376. The van der Waals surface area contributed by atoms with E-state index >= 15 is 0 Å². The van der Waals surface area contributed by atoms with Gasteiger partial charge in [0.2, 0.25) is 0 Å². The van der Waals surface area contributed by atoms with E-state index in [-0.39, 0.29) is 24.9 Å². The van der Waals surface area contributed by atoms with E-state index in [1.54, 1.807) is 0 Å². The van der Waals surface area contributed by atoms with Gasteiger partial charge < -0.3 is 10.8 Å². The fourth-order valence-corrected chi connectivity index (χ4v) is 0.768. The Morgan fingerprint density at radius 3 is 2.70 bits per heavy atom. The van der Waals surface area contributed by atoms with Crippen molar-refractivity contribution in [3.63, 3.8) is 0 Å². The molecule has 0 bridgehead atoms. The van der Waals surface area contributed by atoms with Crippen LogP contribution in [0, 0.1) is 0 Å². The molecule has 0 heterocycles. The molecule has 0 saturated carbocycles. The van der Waals surface area contributed by atoms with Gasteiger partial charge in [-0.15, -0.1) is 0 Å². The van der Waals surface area contributed by atoms with Crippen LogP contribution in [0.1, 0.15) is 26.2 Å². The second-order valence-electron chi connectivity index (χ2n) is 2.34. The number of rotatable bonds is 5. The lowest BCUT2D eigenvalue weighted by Crippen LogP contribution is -2.30. The summed E-state index contributed by atoms with van der Waals surface area (Å²) < 4.78 is 0. The van der Waals surface area contributed by atoms with E-state index in [9.17, 15) is 4.79 Å². The summed E-state index contributed by atoms with van der Waals surface area (Å²) in [6.07, 6.45) is 1.83. The van der Waals surface area contributed by atoms with Gasteiger partial charge >= 0.3 is 0 Å². The average molecular weight is 145 g/mol. The smallest absolute Gasteiger partial charge is 0.151 e. The molecule has 0 aromatic heterocycles. The van der Waals surface area contributed by atoms with E-state index in [0.29, 0.717) is 0 Å². The third-order valence-electron chi connectivity index (χ3n) is 1.37. The Labute approximate surface area is 61.2 Å². The number of hydrogen-bond donors (Lipinski definition) is 2. The molecule has 1 unspecified atom stereocenters. The van der Waals surface area contributed by atoms with Crippen LogP contribution >= 0.6 is 0 Å². The SMILES string of the molecule is CCCC(N)C(=O)CCO. The molecular weight excluding hydrogens is 130 g/mol. The molecule has 0 saturated heterocycles. The van der Waals surface area contributed by atoms with Crippen LogP contribution in [0.2, 0.25) is 0 Å². The molecule has 0 aliphatic carbocycles. The minimum atomic E-state index is -0.364. The molecule has 0 fully saturated rings. The molecule has 3 heteroatoms. The summed E-state index contributed by atoms with van der Waals surface area (Å²) >= 11 is 0. The zero-order chi connectivity index (χ0) is 7.98. The third-order valence-corrected chi connectivity index (χ3v) is 1.37. The molecule has 10 heavy (non-hydrogen) atoms. The number of aliphatic hydroxyl groups is 1. The normalized spacial score (nSPS) is 13.1. The number of carbonyl (C=O) groups excluding carboxylic acids is 1. The topological polar surface area (TPSA) is 63.3 Å². The van der Waals surface area contributed by atoms with Crippen molar-refractivity contribution >= 4 is 5.78 Å². The Hall–Kier alpha value is -0.410. The van der Waals surface area contributed by atoms with Gasteiger partial charge in [-0.25, -0.2) is 0 Å². The first-order valence-electron chi connectivity index (χ1n) is 3.61. The van der Waals surface area contributed by atoms with Crippen molar-refractivity contribution in [3.05, 3.63) is 0 Å². The monoisotopic (exact) mass is 145 g/mol. The first kappa shape index (κ1) is 9.59. The van der Waals surface area contributed by atoms with Gasteiger partial charge in [-0.3, -0.25) is 4.79 Å². The highest BCUT2D eigenvalue weighted by Gasteiger charge is 2.10. The molecular formula is C7H15NO2. The molecule has 0 spiro atoms. The molecule has 0 aromatic carbocycles. The van der Waals surface area contributed by atoms with Gasteiger partial charge in [0.05, 0.1) is 12.6 Å². The number of hydrogen-bond acceptors (Lipinski definition) is 3. The highest BCUT2D eigenvalue weighted by atomic mass is 16.3. The molecule has 3 nitrogen and oxygen atoms in total. The predicted octanol–water partition coefficient (Wildman–Crippen LogP) is 0.0653. The van der Waals surface area contributed by atoms with Gasteiger partial charge in [0.1, 0.15) is 0 Å². The Morgan fingerprint density at radius 2 is 2.30 bits per heavy atom. The highest BCUT2D eigenvalue weighted by Crippen LogP contribution is 1.96. The number of aliphatic hydroxyl groups excluding tert-OH is 1. The lowest BCUT2D eigenvalue weighted by atomic mass is 10.1. The van der Waals surface area contributed by atoms with Crippen molar-refractivity contribution in [2.45, 2.75) is 32.2 Å². The maximum atomic E-state index is 10.8. The first-order valence-corrected chi connectivity index (χ1v) is 3.61. The number of carbonyl (C=O) groups is 1. The fourth-order valence-electron chi connectivity index (χ4n) is 0.768. The van der Waals surface area contributed by atoms with Crippen molar-refractivity contribution in [1.82, 2.24) is 0 Å². The van der Waals surface area contributed by atoms with Crippen molar-refractivity contribution in [2.75, 3.05) is 6.61 Å². The van der Waals surface area contributed by atoms with Crippen LogP contribution in [-0.2, 0) is 4.79 Å². The standard InChI is InChI=1S/C7H15NO2/c1-2-3-6(8)7(10)4-5-9/h6,9H,2-5,8H2,1H3. The van der Waals surface area contributed by atoms with Gasteiger partial charge in [0.25, 0.3) is 0 Å². The fraction of sp³-hybridized carbons (Fsp3) is 0.857. The molecule has 0 rings (SSSR count). The van der Waals surface area contributed by atoms with E-state index < -0.39 is 0 Å². The van der Waals surface area contributed by atoms with Gasteiger partial charge in [0, 0.05) is 6.42 Å². The first-order chi connectivity index (χ1) is 4.72. The molecule has 60 valence electrons. The van der Waals surface area contributed by atoms with Gasteiger partial charge in [-0.05, 0) is 6.42 Å². The lowest BCUT2D eigenvalue weighted by molar-refractivity contribution is -0.121. The second kappa shape index (κ2) is 5.38. The molecule has 0 aromatic rings. The third kappa shape index (κ3) is 3.58. The summed E-state index contributed by atoms with van der Waals surface area (Å²) in [6.45, 7) is 1.89. The molecule has 0 aliphatic rings. The molecule has 3 N–H and O–H groups in total. The van der Waals surface area contributed by atoms with E-state index in [0.717, 1.165) is 12.8 Å². The van der Waals surface area contributed by atoms with Gasteiger partial charge in [-0.1, -0.05) is 13.3 Å². The molecule has 1 atom stereocenters. The Kier molecular flexibility index (Phi) is 5.16. The average Bonchev–Trinajstić information content (AvgIpc) is 1.89. The van der Waals surface area contributed by atoms with Crippen molar-refractivity contribution < 1.29 is 9.90 Å². The van der Waals surface area contributed by atoms with Crippen LogP contribution in [0.15, 0.2) is 0 Å². The molecule has 0 aliphatic heterocycles. The number of nitrogens with two attached hydrogens (primary N) is 1. The highest BCUT2D eigenvalue weighted by molar-refractivity contribution is 5.83. The summed E-state index contributed by atoms with van der Waals surface area (Å²) in [5, 5.41) is 8.38. The van der Waals surface area contributed by atoms with Gasteiger partial charge in [0.15, 0.2) is 5.78 Å². The Bertz CT molecular complexity index is 104. The van der Waals surface area contributed by atoms with Crippen LogP contribution in [0.4, 0.5) is 0 Å². The van der Waals surface area contributed by atoms with E-state index in [2.05, 4.69) is 0 Å². The van der Waals surface area contributed by atoms with Crippen LogP contribution < -0.4 is 5.73 Å². The second-order valence-corrected chi connectivity index (χ2v) is 2.34. The summed E-state index contributed by atoms with van der Waals surface area (Å²) in [5.41, 5.74) is 5.45. The largest absolute Gasteiger partial charge is 0.396 e. The predicted molar refractivity (Wildman–Crippen MR) is 39.6 cm³/mol. The van der Waals surface area contributed by atoms with Crippen molar-refractivity contribution in [2.24, 2.45) is 5.73 Å². The maximum absolute atomic E-state index is 10.8. The van der Waals surface area contributed by atoms with Crippen LogP contribution in [0.3, 0.4) is 0 Å². The number of Topliss-reactive ketones (excluding diaryl/α,β-unsaturated/α-hetero) is 1. The van der Waals surface area contributed by atoms with Crippen LogP contribution in [0.25, 0.3) is 0 Å². The molecule has 0 radical (unpaired) electrons. The zero-order valence-corrected chi connectivity index (χ0v) is 6.34. The zero-order valence-electron chi connectivity index (χ0n) is 6.34. The summed E-state index contributed by atoms with van der Waals surface area (Å²) in [4.78, 5) is 10.8. The quantitative estimate of drug-likeness (QED) is 0.575. The van der Waals surface area contributed by atoms with E-state index in [1.807, 2.05) is 6.92 Å². The van der Waals surface area contributed by atoms with Crippen molar-refractivity contribution in [3.8, 4) is 0 Å².